The number of hydrogen-bond donors (Lipinski definition) is 5. The average molecular weight is 380 g/mol. The van der Waals surface area contributed by atoms with Gasteiger partial charge in [0.15, 0.2) is 17.2 Å². The second-order valence-corrected chi connectivity index (χ2v) is 5.94. The molecule has 0 heterocycles. The fraction of sp³-hybridized carbons (Fsp3) is 0. The molecule has 0 fully saturated rings. The molecule has 0 unspecified atom stereocenters. The van der Waals surface area contributed by atoms with E-state index in [4.69, 9.17) is 4.74 Å². The Balaban J connectivity index is 1.81. The molecular formula is C21H16O7. The van der Waals surface area contributed by atoms with Crippen LogP contribution in [0.5, 0.6) is 34.5 Å². The van der Waals surface area contributed by atoms with E-state index in [1.165, 1.54) is 30.3 Å². The molecule has 0 radical (unpaired) electrons. The monoisotopic (exact) mass is 380 g/mol. The van der Waals surface area contributed by atoms with Crippen LogP contribution in [0.3, 0.4) is 0 Å². The summed E-state index contributed by atoms with van der Waals surface area (Å²) in [5.41, 5.74) is 1.18. The van der Waals surface area contributed by atoms with Crippen molar-refractivity contribution in [3.63, 3.8) is 0 Å². The molecule has 3 aromatic carbocycles. The van der Waals surface area contributed by atoms with Crippen molar-refractivity contribution in [2.24, 2.45) is 0 Å². The molecule has 0 aliphatic rings. The highest BCUT2D eigenvalue weighted by molar-refractivity contribution is 5.92. The summed E-state index contributed by atoms with van der Waals surface area (Å²) >= 11 is 0. The van der Waals surface area contributed by atoms with Gasteiger partial charge < -0.3 is 30.3 Å². The minimum absolute atomic E-state index is 0.0439. The summed E-state index contributed by atoms with van der Waals surface area (Å²) in [5, 5.41) is 47.5. The van der Waals surface area contributed by atoms with Crippen LogP contribution in [-0.4, -0.2) is 31.5 Å². The van der Waals surface area contributed by atoms with Crippen molar-refractivity contribution in [1.29, 1.82) is 0 Å². The van der Waals surface area contributed by atoms with Gasteiger partial charge in [0.25, 0.3) is 0 Å². The Morgan fingerprint density at radius 1 is 0.714 bits per heavy atom. The number of hydrogen-bond acceptors (Lipinski definition) is 7. The number of aromatic hydroxyl groups is 5. The molecule has 3 aromatic rings. The molecular weight excluding hydrogens is 364 g/mol. The summed E-state index contributed by atoms with van der Waals surface area (Å²) < 4.78 is 5.17. The van der Waals surface area contributed by atoms with Crippen LogP contribution in [0.4, 0.5) is 0 Å². The van der Waals surface area contributed by atoms with Crippen molar-refractivity contribution in [2.75, 3.05) is 0 Å². The highest BCUT2D eigenvalue weighted by Gasteiger charge is 2.16. The minimum Gasteiger partial charge on any atom is -0.508 e. The summed E-state index contributed by atoms with van der Waals surface area (Å²) in [6.45, 7) is 0. The van der Waals surface area contributed by atoms with E-state index in [9.17, 15) is 30.3 Å². The molecule has 0 aliphatic heterocycles. The quantitative estimate of drug-likeness (QED) is 0.202. The molecule has 0 atom stereocenters. The molecule has 7 nitrogen and oxygen atoms in total. The van der Waals surface area contributed by atoms with E-state index in [0.29, 0.717) is 5.56 Å². The molecule has 0 aliphatic carbocycles. The van der Waals surface area contributed by atoms with Crippen LogP contribution in [0.15, 0.2) is 54.6 Å². The fourth-order valence-corrected chi connectivity index (χ4v) is 2.43. The lowest BCUT2D eigenvalue weighted by Crippen LogP contribution is -2.08. The number of carbonyl (C=O) groups excluding carboxylic acids is 1. The zero-order valence-electron chi connectivity index (χ0n) is 14.4. The number of benzene rings is 3. The van der Waals surface area contributed by atoms with Crippen LogP contribution in [0.1, 0.15) is 21.5 Å². The molecule has 7 heteroatoms. The molecule has 0 bridgehead atoms. The fourth-order valence-electron chi connectivity index (χ4n) is 2.43. The van der Waals surface area contributed by atoms with Crippen molar-refractivity contribution >= 4 is 18.1 Å². The number of esters is 1. The van der Waals surface area contributed by atoms with Crippen LogP contribution in [0.25, 0.3) is 12.2 Å². The Morgan fingerprint density at radius 3 is 1.96 bits per heavy atom. The molecule has 28 heavy (non-hydrogen) atoms. The minimum atomic E-state index is -0.898. The van der Waals surface area contributed by atoms with Gasteiger partial charge in [-0.05, 0) is 47.5 Å². The maximum atomic E-state index is 12.2. The van der Waals surface area contributed by atoms with Gasteiger partial charge in [0.1, 0.15) is 17.2 Å². The van der Waals surface area contributed by atoms with Gasteiger partial charge in [-0.1, -0.05) is 24.3 Å². The van der Waals surface area contributed by atoms with Gasteiger partial charge in [0.2, 0.25) is 0 Å². The summed E-state index contributed by atoms with van der Waals surface area (Å²) in [6.07, 6.45) is 3.43. The van der Waals surface area contributed by atoms with E-state index < -0.39 is 23.2 Å². The van der Waals surface area contributed by atoms with Crippen LogP contribution >= 0.6 is 0 Å². The Kier molecular flexibility index (Phi) is 5.08. The number of carbonyl (C=O) groups is 1. The smallest absolute Gasteiger partial charge is 0.343 e. The topological polar surface area (TPSA) is 127 Å². The highest BCUT2D eigenvalue weighted by Crippen LogP contribution is 2.35. The Morgan fingerprint density at radius 2 is 1.32 bits per heavy atom. The van der Waals surface area contributed by atoms with Gasteiger partial charge in [-0.15, -0.1) is 0 Å². The summed E-state index contributed by atoms with van der Waals surface area (Å²) in [6, 6.07) is 12.6. The predicted octanol–water partition coefficient (Wildman–Crippen LogP) is 3.60. The summed E-state index contributed by atoms with van der Waals surface area (Å²) in [7, 11) is 0. The lowest BCUT2D eigenvalue weighted by atomic mass is 10.1. The molecule has 142 valence electrons. The van der Waals surface area contributed by atoms with Crippen molar-refractivity contribution in [1.82, 2.24) is 0 Å². The zero-order valence-corrected chi connectivity index (χ0v) is 14.4. The third kappa shape index (κ3) is 4.34. The third-order valence-corrected chi connectivity index (χ3v) is 3.79. The van der Waals surface area contributed by atoms with Crippen LogP contribution in [0.2, 0.25) is 0 Å². The first-order valence-electron chi connectivity index (χ1n) is 8.10. The second kappa shape index (κ2) is 7.63. The van der Waals surface area contributed by atoms with E-state index in [2.05, 4.69) is 0 Å². The van der Waals surface area contributed by atoms with Crippen molar-refractivity contribution in [2.45, 2.75) is 0 Å². The SMILES string of the molecule is O=C(Oc1cc(O)cc(/C=C/c2ccc(O)cc2)c1)c1cc(O)c(O)c(O)c1. The highest BCUT2D eigenvalue weighted by atomic mass is 16.5. The first-order chi connectivity index (χ1) is 13.3. The van der Waals surface area contributed by atoms with E-state index in [0.717, 1.165) is 17.7 Å². The maximum Gasteiger partial charge on any atom is 0.343 e. The lowest BCUT2D eigenvalue weighted by molar-refractivity contribution is 0.0733. The molecule has 3 rings (SSSR count). The van der Waals surface area contributed by atoms with Gasteiger partial charge in [0.05, 0.1) is 5.56 Å². The molecule has 5 N–H and O–H groups in total. The lowest BCUT2D eigenvalue weighted by Gasteiger charge is -2.08. The first-order valence-corrected chi connectivity index (χ1v) is 8.10. The number of phenols is 5. The van der Waals surface area contributed by atoms with E-state index in [1.54, 1.807) is 24.3 Å². The predicted molar refractivity (Wildman–Crippen MR) is 102 cm³/mol. The molecule has 0 saturated heterocycles. The standard InChI is InChI=1S/C21H16O7/c22-15-5-3-12(4-6-15)1-2-13-7-16(23)11-17(8-13)28-21(27)14-9-18(24)20(26)19(25)10-14/h1-11,22-26H/b2-1+. The second-order valence-electron chi connectivity index (χ2n) is 5.94. The number of phenolic OH excluding ortho intramolecular Hbond substituents is 5. The van der Waals surface area contributed by atoms with E-state index in [1.807, 2.05) is 0 Å². The largest absolute Gasteiger partial charge is 0.508 e. The zero-order chi connectivity index (χ0) is 20.3. The Labute approximate surface area is 159 Å². The molecule has 0 spiro atoms. The van der Waals surface area contributed by atoms with Crippen LogP contribution in [0, 0.1) is 0 Å². The first kappa shape index (κ1) is 18.7. The Bertz CT molecular complexity index is 1030. The van der Waals surface area contributed by atoms with Gasteiger partial charge in [-0.2, -0.15) is 0 Å². The molecule has 0 aromatic heterocycles. The number of ether oxygens (including phenoxy) is 1. The van der Waals surface area contributed by atoms with Crippen LogP contribution < -0.4 is 4.74 Å². The average Bonchev–Trinajstić information content (AvgIpc) is 2.64. The number of rotatable bonds is 4. The summed E-state index contributed by atoms with van der Waals surface area (Å²) in [4.78, 5) is 12.2. The van der Waals surface area contributed by atoms with Crippen molar-refractivity contribution in [3.05, 3.63) is 71.3 Å². The normalized spacial score (nSPS) is 10.9. The van der Waals surface area contributed by atoms with Crippen molar-refractivity contribution in [3.8, 4) is 34.5 Å². The maximum absolute atomic E-state index is 12.2. The van der Waals surface area contributed by atoms with E-state index in [-0.39, 0.29) is 22.8 Å². The van der Waals surface area contributed by atoms with Gasteiger partial charge in [-0.3, -0.25) is 0 Å². The molecule has 0 saturated carbocycles. The van der Waals surface area contributed by atoms with Crippen LogP contribution in [-0.2, 0) is 0 Å². The molecule has 0 amide bonds. The van der Waals surface area contributed by atoms with Gasteiger partial charge in [0, 0.05) is 6.07 Å². The van der Waals surface area contributed by atoms with E-state index >= 15 is 0 Å². The summed E-state index contributed by atoms with van der Waals surface area (Å²) in [5.74, 6) is -2.91. The Hall–Kier alpha value is -4.13. The van der Waals surface area contributed by atoms with Gasteiger partial charge in [-0.25, -0.2) is 4.79 Å². The van der Waals surface area contributed by atoms with Gasteiger partial charge >= 0.3 is 5.97 Å². The third-order valence-electron chi connectivity index (χ3n) is 3.79. The van der Waals surface area contributed by atoms with Crippen molar-refractivity contribution < 1.29 is 35.1 Å².